The quantitative estimate of drug-likeness (QED) is 0.577. The number of carbonyl (C=O) groups is 1. The molecule has 0 amide bonds. The van der Waals surface area contributed by atoms with Gasteiger partial charge in [-0.25, -0.2) is 0 Å². The molecule has 2 nitrogen and oxygen atoms in total. The summed E-state index contributed by atoms with van der Waals surface area (Å²) in [5.41, 5.74) is 0.812. The largest absolute Gasteiger partial charge is 0.305 e. The summed E-state index contributed by atoms with van der Waals surface area (Å²) in [5, 5.41) is 0. The van der Waals surface area contributed by atoms with E-state index in [-0.39, 0.29) is 0 Å². The van der Waals surface area contributed by atoms with Crippen molar-refractivity contribution in [3.8, 4) is 0 Å². The van der Waals surface area contributed by atoms with Gasteiger partial charge in [-0.05, 0) is 99.2 Å². The van der Waals surface area contributed by atoms with Gasteiger partial charge >= 0.3 is 0 Å². The number of fused-ring (bicyclic) bond motifs is 5. The van der Waals surface area contributed by atoms with Crippen molar-refractivity contribution in [1.82, 2.24) is 0 Å². The van der Waals surface area contributed by atoms with Crippen LogP contribution in [0.1, 0.15) is 78.6 Å². The molecule has 4 saturated carbocycles. The highest BCUT2D eigenvalue weighted by Crippen LogP contribution is 2.67. The molecule has 0 spiro atoms. The minimum atomic E-state index is 0.298. The Labute approximate surface area is 155 Å². The Bertz CT molecular complexity index is 520. The lowest BCUT2D eigenvalue weighted by Crippen LogP contribution is -2.54. The van der Waals surface area contributed by atoms with E-state index in [0.29, 0.717) is 28.6 Å². The maximum absolute atomic E-state index is 12.2. The summed E-state index contributed by atoms with van der Waals surface area (Å²) in [4.78, 5) is 12.2. The molecule has 0 aliphatic heterocycles. The highest BCUT2D eigenvalue weighted by atomic mass is 79.9. The van der Waals surface area contributed by atoms with Gasteiger partial charge in [0.05, 0.1) is 22.4 Å². The van der Waals surface area contributed by atoms with Crippen LogP contribution >= 0.6 is 16.3 Å². The third kappa shape index (κ3) is 2.40. The Morgan fingerprint density at radius 1 is 0.958 bits per heavy atom. The van der Waals surface area contributed by atoms with Gasteiger partial charge in [0.15, 0.2) is 0 Å². The van der Waals surface area contributed by atoms with E-state index in [9.17, 15) is 4.79 Å². The Morgan fingerprint density at radius 2 is 1.67 bits per heavy atom. The number of rotatable bonds is 2. The van der Waals surface area contributed by atoms with Crippen LogP contribution in [0.2, 0.25) is 0 Å². The summed E-state index contributed by atoms with van der Waals surface area (Å²) >= 11 is 3.25. The van der Waals surface area contributed by atoms with Crippen LogP contribution in [0.4, 0.5) is 0 Å². The molecule has 3 heteroatoms. The zero-order valence-electron chi connectivity index (χ0n) is 15.5. The molecular formula is C21H33BrO2. The van der Waals surface area contributed by atoms with Gasteiger partial charge in [0, 0.05) is 5.92 Å². The van der Waals surface area contributed by atoms with Crippen LogP contribution in [0.5, 0.6) is 0 Å². The van der Waals surface area contributed by atoms with Crippen molar-refractivity contribution in [3.05, 3.63) is 0 Å². The third-order valence-electron chi connectivity index (χ3n) is 9.23. The van der Waals surface area contributed by atoms with Gasteiger partial charge in [-0.2, -0.15) is 0 Å². The van der Waals surface area contributed by atoms with Crippen LogP contribution in [-0.4, -0.2) is 11.9 Å². The van der Waals surface area contributed by atoms with E-state index < -0.39 is 0 Å². The second-order valence-corrected chi connectivity index (χ2v) is 10.3. The molecule has 4 fully saturated rings. The molecule has 0 N–H and O–H groups in total. The number of ketones is 1. The smallest absolute Gasteiger partial charge is 0.133 e. The molecule has 4 aliphatic carbocycles. The summed E-state index contributed by atoms with van der Waals surface area (Å²) in [7, 11) is 0. The van der Waals surface area contributed by atoms with Crippen LogP contribution in [0.3, 0.4) is 0 Å². The number of Topliss-reactive ketones (excluding diaryl/α,β-unsaturated/α-hetero) is 1. The maximum atomic E-state index is 12.2. The fraction of sp³-hybridized carbons (Fsp3) is 0.952. The number of halogens is 1. The van der Waals surface area contributed by atoms with E-state index in [2.05, 4.69) is 30.1 Å². The highest BCUT2D eigenvalue weighted by Gasteiger charge is 2.60. The lowest BCUT2D eigenvalue weighted by molar-refractivity contribution is -0.136. The van der Waals surface area contributed by atoms with Gasteiger partial charge in [0.25, 0.3) is 0 Å². The molecule has 24 heavy (non-hydrogen) atoms. The number of hydrogen-bond donors (Lipinski definition) is 0. The molecule has 4 rings (SSSR count). The molecule has 4 aliphatic rings. The van der Waals surface area contributed by atoms with Crippen LogP contribution < -0.4 is 0 Å². The second kappa shape index (κ2) is 6.08. The first-order valence-corrected chi connectivity index (χ1v) is 10.8. The first-order valence-electron chi connectivity index (χ1n) is 10.2. The Balaban J connectivity index is 1.59. The van der Waals surface area contributed by atoms with Crippen LogP contribution in [-0.2, 0) is 8.62 Å². The molecule has 0 bridgehead atoms. The van der Waals surface area contributed by atoms with E-state index in [1.54, 1.807) is 0 Å². The number of carbonyl (C=O) groups excluding carboxylic acids is 1. The molecule has 136 valence electrons. The summed E-state index contributed by atoms with van der Waals surface area (Å²) < 4.78 is 5.52. The van der Waals surface area contributed by atoms with Crippen molar-refractivity contribution >= 4 is 22.0 Å². The van der Waals surface area contributed by atoms with Crippen LogP contribution in [0, 0.1) is 40.4 Å². The molecule has 4 unspecified atom stereocenters. The fourth-order valence-electron chi connectivity index (χ4n) is 7.97. The van der Waals surface area contributed by atoms with Crippen LogP contribution in [0.15, 0.2) is 0 Å². The van der Waals surface area contributed by atoms with Crippen molar-refractivity contribution in [1.29, 1.82) is 0 Å². The van der Waals surface area contributed by atoms with Gasteiger partial charge in [0.1, 0.15) is 5.78 Å². The molecule has 0 heterocycles. The monoisotopic (exact) mass is 396 g/mol. The van der Waals surface area contributed by atoms with Crippen molar-refractivity contribution in [2.75, 3.05) is 0 Å². The average Bonchev–Trinajstić information content (AvgIpc) is 2.91. The summed E-state index contributed by atoms with van der Waals surface area (Å²) in [5.74, 6) is 4.18. The molecule has 8 atom stereocenters. The first kappa shape index (κ1) is 17.5. The molecule has 0 aromatic heterocycles. The zero-order chi connectivity index (χ0) is 17.1. The van der Waals surface area contributed by atoms with E-state index >= 15 is 0 Å². The topological polar surface area (TPSA) is 26.3 Å². The summed E-state index contributed by atoms with van der Waals surface area (Å²) in [6, 6.07) is 0. The van der Waals surface area contributed by atoms with Gasteiger partial charge in [-0.15, -0.1) is 0 Å². The molecule has 0 saturated heterocycles. The highest BCUT2D eigenvalue weighted by molar-refractivity contribution is 9.06. The van der Waals surface area contributed by atoms with Gasteiger partial charge in [-0.3, -0.25) is 4.79 Å². The minimum absolute atomic E-state index is 0.298. The average molecular weight is 397 g/mol. The second-order valence-electron chi connectivity index (χ2n) is 9.93. The standard InChI is InChI=1S/C21H33BrO2/c1-13(23)17-6-7-18-16-5-4-14-12-15(24-22)8-10-20(14,2)19(16)9-11-21(17,18)3/h14-19H,4-12H2,1-3H3/t14-,15+,16?,17?,18-,19-,20?,21?/m0/s1. The predicted octanol–water partition coefficient (Wildman–Crippen LogP) is 5.93. The summed E-state index contributed by atoms with van der Waals surface area (Å²) in [6.45, 7) is 6.89. The number of hydrogen-bond acceptors (Lipinski definition) is 2. The summed E-state index contributed by atoms with van der Waals surface area (Å²) in [6.07, 6.45) is 12.1. The minimum Gasteiger partial charge on any atom is -0.305 e. The lowest BCUT2D eigenvalue weighted by atomic mass is 9.44. The molecular weight excluding hydrogens is 364 g/mol. The molecule has 0 aromatic rings. The van der Waals surface area contributed by atoms with Gasteiger partial charge in [-0.1, -0.05) is 13.8 Å². The van der Waals surface area contributed by atoms with Gasteiger partial charge < -0.3 is 3.83 Å². The molecule has 0 aromatic carbocycles. The lowest BCUT2D eigenvalue weighted by Gasteiger charge is -2.61. The SMILES string of the molecule is CC(=O)C1CC[C@H]2C3CC[C@H]4C[C@H](OBr)CCC4(C)[C@H]3CCC12C. The van der Waals surface area contributed by atoms with Crippen molar-refractivity contribution < 1.29 is 8.62 Å². The van der Waals surface area contributed by atoms with Crippen LogP contribution in [0.25, 0.3) is 0 Å². The molecule has 0 radical (unpaired) electrons. The van der Waals surface area contributed by atoms with Crippen molar-refractivity contribution in [3.63, 3.8) is 0 Å². The third-order valence-corrected chi connectivity index (χ3v) is 9.76. The van der Waals surface area contributed by atoms with Crippen molar-refractivity contribution in [2.45, 2.75) is 84.7 Å². The Hall–Kier alpha value is 0.110. The van der Waals surface area contributed by atoms with Crippen molar-refractivity contribution in [2.24, 2.45) is 40.4 Å². The fourth-order valence-corrected chi connectivity index (χ4v) is 8.31. The van der Waals surface area contributed by atoms with E-state index in [1.807, 2.05) is 6.92 Å². The van der Waals surface area contributed by atoms with E-state index in [1.165, 1.54) is 51.4 Å². The van der Waals surface area contributed by atoms with E-state index in [0.717, 1.165) is 30.1 Å². The van der Waals surface area contributed by atoms with Gasteiger partial charge in [0.2, 0.25) is 0 Å². The predicted molar refractivity (Wildman–Crippen MR) is 99.7 cm³/mol. The Morgan fingerprint density at radius 3 is 2.38 bits per heavy atom. The maximum Gasteiger partial charge on any atom is 0.133 e. The normalized spacial score (nSPS) is 53.8. The zero-order valence-corrected chi connectivity index (χ0v) is 17.1. The Kier molecular flexibility index (Phi) is 4.44. The van der Waals surface area contributed by atoms with E-state index in [4.69, 9.17) is 3.83 Å². The first-order chi connectivity index (χ1) is 11.4.